The predicted molar refractivity (Wildman–Crippen MR) is 59.1 cm³/mol. The van der Waals surface area contributed by atoms with Crippen LogP contribution in [0, 0.1) is 0 Å². The van der Waals surface area contributed by atoms with Crippen molar-refractivity contribution in [3.8, 4) is 5.75 Å². The molecule has 0 fully saturated rings. The highest BCUT2D eigenvalue weighted by atomic mass is 35.5. The van der Waals surface area contributed by atoms with Crippen LogP contribution in [0.5, 0.6) is 5.75 Å². The Balaban J connectivity index is 2.86. The molecule has 0 N–H and O–H groups in total. The molecule has 0 aromatic heterocycles. The van der Waals surface area contributed by atoms with Gasteiger partial charge in [-0.3, -0.25) is 0 Å². The first-order chi connectivity index (χ1) is 7.04. The molecule has 0 bridgehead atoms. The molecule has 15 heavy (non-hydrogen) atoms. The van der Waals surface area contributed by atoms with Gasteiger partial charge in [0.05, 0.1) is 21.7 Å². The van der Waals surface area contributed by atoms with Crippen LogP contribution in [0.4, 0.5) is 4.79 Å². The maximum atomic E-state index is 11.0. The summed E-state index contributed by atoms with van der Waals surface area (Å²) in [6.45, 7) is 1.88. The van der Waals surface area contributed by atoms with E-state index in [2.05, 4.69) is 4.74 Å². The van der Waals surface area contributed by atoms with E-state index in [1.165, 1.54) is 12.1 Å². The van der Waals surface area contributed by atoms with E-state index in [1.807, 2.05) is 0 Å². The molecule has 82 valence electrons. The summed E-state index contributed by atoms with van der Waals surface area (Å²) in [5.74, 6) is 0.115. The number of halogens is 3. The number of carbonyl (C=O) groups excluding carboxylic acids is 1. The van der Waals surface area contributed by atoms with Gasteiger partial charge in [-0.05, 0) is 13.0 Å². The Morgan fingerprint density at radius 2 is 1.80 bits per heavy atom. The van der Waals surface area contributed by atoms with Gasteiger partial charge in [-0.2, -0.15) is 0 Å². The first-order valence-electron chi connectivity index (χ1n) is 4.03. The molecule has 0 spiro atoms. The highest BCUT2D eigenvalue weighted by Crippen LogP contribution is 2.33. The van der Waals surface area contributed by atoms with Crippen molar-refractivity contribution >= 4 is 41.0 Å². The van der Waals surface area contributed by atoms with Gasteiger partial charge in [-0.15, -0.1) is 0 Å². The topological polar surface area (TPSA) is 35.5 Å². The van der Waals surface area contributed by atoms with Crippen LogP contribution in [0.15, 0.2) is 12.1 Å². The maximum absolute atomic E-state index is 11.0. The number of ether oxygens (including phenoxy) is 2. The van der Waals surface area contributed by atoms with Gasteiger partial charge in [0, 0.05) is 6.07 Å². The van der Waals surface area contributed by atoms with Crippen molar-refractivity contribution < 1.29 is 14.3 Å². The lowest BCUT2D eigenvalue weighted by Crippen LogP contribution is -2.10. The van der Waals surface area contributed by atoms with Gasteiger partial charge in [0.25, 0.3) is 0 Å². The molecule has 0 aliphatic rings. The Morgan fingerprint density at radius 3 is 2.40 bits per heavy atom. The zero-order valence-corrected chi connectivity index (χ0v) is 9.99. The van der Waals surface area contributed by atoms with Crippen molar-refractivity contribution in [3.05, 3.63) is 27.2 Å². The number of rotatable bonds is 2. The molecule has 0 saturated heterocycles. The number of benzene rings is 1. The smallest absolute Gasteiger partial charge is 0.434 e. The zero-order valence-electron chi connectivity index (χ0n) is 7.72. The standard InChI is InChI=1S/C9H7Cl3O3/c1-2-14-9(13)15-8-4-6(11)5(10)3-7(8)12/h3-4H,2H2,1H3. The fourth-order valence-electron chi connectivity index (χ4n) is 0.820. The lowest BCUT2D eigenvalue weighted by atomic mass is 10.3. The minimum Gasteiger partial charge on any atom is -0.434 e. The first kappa shape index (κ1) is 12.4. The van der Waals surface area contributed by atoms with Crippen molar-refractivity contribution in [2.45, 2.75) is 6.92 Å². The van der Waals surface area contributed by atoms with E-state index in [1.54, 1.807) is 6.92 Å². The molecule has 0 aliphatic heterocycles. The van der Waals surface area contributed by atoms with E-state index in [0.717, 1.165) is 0 Å². The van der Waals surface area contributed by atoms with Crippen molar-refractivity contribution in [2.24, 2.45) is 0 Å². The van der Waals surface area contributed by atoms with Gasteiger partial charge in [0.15, 0.2) is 5.75 Å². The molecule has 0 saturated carbocycles. The summed E-state index contributed by atoms with van der Waals surface area (Å²) in [7, 11) is 0. The van der Waals surface area contributed by atoms with E-state index in [0.29, 0.717) is 0 Å². The highest BCUT2D eigenvalue weighted by molar-refractivity contribution is 6.43. The molecule has 0 unspecified atom stereocenters. The summed E-state index contributed by atoms with van der Waals surface area (Å²) in [6.07, 6.45) is -0.835. The lowest BCUT2D eigenvalue weighted by molar-refractivity contribution is 0.104. The average molecular weight is 270 g/mol. The molecule has 1 rings (SSSR count). The third-order valence-corrected chi connectivity index (χ3v) is 2.45. The molecule has 3 nitrogen and oxygen atoms in total. The number of hydrogen-bond donors (Lipinski definition) is 0. The summed E-state index contributed by atoms with van der Waals surface area (Å²) in [5.41, 5.74) is 0. The molecule has 0 atom stereocenters. The second-order valence-electron chi connectivity index (χ2n) is 2.48. The van der Waals surface area contributed by atoms with Crippen LogP contribution in [0.3, 0.4) is 0 Å². The minimum absolute atomic E-state index is 0.115. The molecule has 0 aliphatic carbocycles. The second-order valence-corrected chi connectivity index (χ2v) is 3.70. The van der Waals surface area contributed by atoms with Crippen molar-refractivity contribution in [1.29, 1.82) is 0 Å². The van der Waals surface area contributed by atoms with Crippen LogP contribution in [0.1, 0.15) is 6.92 Å². The van der Waals surface area contributed by atoms with Gasteiger partial charge in [0.2, 0.25) is 0 Å². The van der Waals surface area contributed by atoms with Gasteiger partial charge < -0.3 is 9.47 Å². The quantitative estimate of drug-likeness (QED) is 0.459. The third-order valence-electron chi connectivity index (χ3n) is 1.43. The predicted octanol–water partition coefficient (Wildman–Crippen LogP) is 4.18. The Bertz CT molecular complexity index is 379. The van der Waals surface area contributed by atoms with Crippen LogP contribution in [-0.2, 0) is 4.74 Å². The molecule has 0 heterocycles. The van der Waals surface area contributed by atoms with Gasteiger partial charge in [-0.25, -0.2) is 4.79 Å². The summed E-state index contributed by atoms with van der Waals surface area (Å²) < 4.78 is 9.36. The average Bonchev–Trinajstić information content (AvgIpc) is 2.14. The molecule has 6 heteroatoms. The van der Waals surface area contributed by atoms with Crippen LogP contribution in [0.25, 0.3) is 0 Å². The molecule has 1 aromatic rings. The summed E-state index contributed by atoms with van der Waals surface area (Å²) >= 11 is 17.2. The van der Waals surface area contributed by atoms with E-state index in [9.17, 15) is 4.79 Å². The molecular weight excluding hydrogens is 262 g/mol. The Hall–Kier alpha value is -0.640. The first-order valence-corrected chi connectivity index (χ1v) is 5.17. The normalized spacial score (nSPS) is 9.87. The second kappa shape index (κ2) is 5.45. The van der Waals surface area contributed by atoms with E-state index in [-0.39, 0.29) is 27.4 Å². The van der Waals surface area contributed by atoms with Crippen LogP contribution >= 0.6 is 34.8 Å². The maximum Gasteiger partial charge on any atom is 0.513 e. The zero-order chi connectivity index (χ0) is 11.4. The molecule has 0 amide bonds. The summed E-state index contributed by atoms with van der Waals surface area (Å²) in [5, 5.41) is 0.732. The molecular formula is C9H7Cl3O3. The largest absolute Gasteiger partial charge is 0.513 e. The number of carbonyl (C=O) groups is 1. The summed E-state index contributed by atoms with van der Waals surface area (Å²) in [6, 6.07) is 2.74. The van der Waals surface area contributed by atoms with Gasteiger partial charge in [-0.1, -0.05) is 34.8 Å². The van der Waals surface area contributed by atoms with Gasteiger partial charge in [0.1, 0.15) is 0 Å². The van der Waals surface area contributed by atoms with Crippen LogP contribution in [-0.4, -0.2) is 12.8 Å². The third kappa shape index (κ3) is 3.45. The molecule has 0 radical (unpaired) electrons. The van der Waals surface area contributed by atoms with Crippen molar-refractivity contribution in [1.82, 2.24) is 0 Å². The van der Waals surface area contributed by atoms with E-state index < -0.39 is 6.16 Å². The highest BCUT2D eigenvalue weighted by Gasteiger charge is 2.11. The van der Waals surface area contributed by atoms with Crippen molar-refractivity contribution in [3.63, 3.8) is 0 Å². The molecule has 1 aromatic carbocycles. The van der Waals surface area contributed by atoms with Gasteiger partial charge >= 0.3 is 6.16 Å². The monoisotopic (exact) mass is 268 g/mol. The fraction of sp³-hybridized carbons (Fsp3) is 0.222. The van der Waals surface area contributed by atoms with E-state index in [4.69, 9.17) is 39.5 Å². The Labute approximate surface area is 102 Å². The fourth-order valence-corrected chi connectivity index (χ4v) is 1.40. The Morgan fingerprint density at radius 1 is 1.20 bits per heavy atom. The SMILES string of the molecule is CCOC(=O)Oc1cc(Cl)c(Cl)cc1Cl. The lowest BCUT2D eigenvalue weighted by Gasteiger charge is -2.06. The van der Waals surface area contributed by atoms with Crippen LogP contribution in [0.2, 0.25) is 15.1 Å². The van der Waals surface area contributed by atoms with Crippen LogP contribution < -0.4 is 4.74 Å². The summed E-state index contributed by atoms with van der Waals surface area (Å²) in [4.78, 5) is 11.0. The number of hydrogen-bond acceptors (Lipinski definition) is 3. The van der Waals surface area contributed by atoms with Crippen molar-refractivity contribution in [2.75, 3.05) is 6.61 Å². The van der Waals surface area contributed by atoms with E-state index >= 15 is 0 Å². The minimum atomic E-state index is -0.835. The Kier molecular flexibility index (Phi) is 4.51.